The van der Waals surface area contributed by atoms with Crippen molar-refractivity contribution in [1.29, 1.82) is 5.26 Å². The average Bonchev–Trinajstić information content (AvgIpc) is 3.51. The summed E-state index contributed by atoms with van der Waals surface area (Å²) in [6.45, 7) is 0. The Balaban J connectivity index is 1.56. The topological polar surface area (TPSA) is 225 Å². The van der Waals surface area contributed by atoms with Crippen LogP contribution in [0.2, 0.25) is 0 Å². The van der Waals surface area contributed by atoms with Crippen LogP contribution in [0.4, 0.5) is 5.13 Å². The number of oxime groups is 1. The maximum atomic E-state index is 13.0. The molecule has 0 aliphatic carbocycles. The van der Waals surface area contributed by atoms with Crippen molar-refractivity contribution in [3.05, 3.63) is 22.3 Å². The van der Waals surface area contributed by atoms with Crippen LogP contribution < -0.4 is 11.1 Å². The lowest BCUT2D eigenvalue weighted by Crippen LogP contribution is -2.71. The molecular weight excluding hydrogens is 520 g/mol. The molecule has 0 saturated carbocycles. The van der Waals surface area contributed by atoms with Crippen LogP contribution in [0, 0.1) is 11.3 Å². The first kappa shape index (κ1) is 24.4. The second-order valence-electron chi connectivity index (χ2n) is 6.90. The van der Waals surface area contributed by atoms with Crippen LogP contribution >= 0.6 is 34.9 Å². The number of fused-ring (bicyclic) bond motifs is 1. The second kappa shape index (κ2) is 10.3. The first-order valence-corrected chi connectivity index (χ1v) is 12.5. The SMILES string of the molecule is CON=C(C(=O)N[C@@H]1C(=O)N2C(C(=O)O)=C(C(CC#N)Sc3nn[nH]n3)CS[C@H]12)c1csc(N)n1. The number of H-pyrrole nitrogens is 1. The molecule has 2 aromatic heterocycles. The van der Waals surface area contributed by atoms with E-state index < -0.39 is 34.4 Å². The Labute approximate surface area is 209 Å². The number of hydrogen-bond acceptors (Lipinski definition) is 14. The van der Waals surface area contributed by atoms with E-state index in [-0.39, 0.29) is 39.6 Å². The quantitative estimate of drug-likeness (QED) is 0.136. The average molecular weight is 537 g/mol. The normalized spacial score (nSPS) is 20.5. The van der Waals surface area contributed by atoms with Gasteiger partial charge in [-0.15, -0.1) is 33.3 Å². The Hall–Kier alpha value is -3.69. The Morgan fingerprint density at radius 3 is 2.97 bits per heavy atom. The minimum atomic E-state index is -1.32. The Morgan fingerprint density at radius 2 is 2.37 bits per heavy atom. The fourth-order valence-electron chi connectivity index (χ4n) is 3.44. The molecule has 0 radical (unpaired) electrons. The van der Waals surface area contributed by atoms with Crippen molar-refractivity contribution in [2.24, 2.45) is 5.16 Å². The Bertz CT molecular complexity index is 1250. The number of tetrazole rings is 1. The first-order chi connectivity index (χ1) is 16.8. The Morgan fingerprint density at radius 1 is 1.57 bits per heavy atom. The number of thiazole rings is 1. The minimum Gasteiger partial charge on any atom is -0.477 e. The summed E-state index contributed by atoms with van der Waals surface area (Å²) in [6, 6.07) is 1.03. The monoisotopic (exact) mass is 536 g/mol. The maximum Gasteiger partial charge on any atom is 0.352 e. The number of β-lactam (4-membered cyclic amide) rings is 1. The van der Waals surface area contributed by atoms with Crippen molar-refractivity contribution in [2.45, 2.75) is 28.2 Å². The highest BCUT2D eigenvalue weighted by Gasteiger charge is 2.55. The molecule has 15 nitrogen and oxygen atoms in total. The molecular formula is C17H16N10O5S3. The summed E-state index contributed by atoms with van der Waals surface area (Å²) in [5, 5.41) is 39.6. The van der Waals surface area contributed by atoms with Gasteiger partial charge in [0.15, 0.2) is 10.8 Å². The number of nitrogens with one attached hydrogen (secondary N) is 2. The predicted octanol–water partition coefficient (Wildman–Crippen LogP) is -0.598. The number of carboxylic acids is 1. The fraction of sp³-hybridized carbons (Fsp3) is 0.353. The molecule has 182 valence electrons. The van der Waals surface area contributed by atoms with E-state index in [0.29, 0.717) is 5.57 Å². The number of nitrogens with zero attached hydrogens (tertiary/aromatic N) is 7. The largest absolute Gasteiger partial charge is 0.477 e. The van der Waals surface area contributed by atoms with Gasteiger partial charge in [-0.2, -0.15) is 10.5 Å². The van der Waals surface area contributed by atoms with E-state index in [1.165, 1.54) is 24.3 Å². The molecule has 4 rings (SSSR count). The molecule has 5 N–H and O–H groups in total. The van der Waals surface area contributed by atoms with Gasteiger partial charge in [0, 0.05) is 16.4 Å². The highest BCUT2D eigenvalue weighted by molar-refractivity contribution is 8.01. The molecule has 2 aromatic rings. The molecule has 3 atom stereocenters. The number of carboxylic acid groups (broad SMARTS) is 1. The molecule has 4 heterocycles. The van der Waals surface area contributed by atoms with Gasteiger partial charge in [0.25, 0.3) is 11.8 Å². The third kappa shape index (κ3) is 4.78. The minimum absolute atomic E-state index is 0.0354. The number of nitrogen functional groups attached to an aromatic ring is 1. The lowest BCUT2D eigenvalue weighted by molar-refractivity contribution is -0.150. The summed E-state index contributed by atoms with van der Waals surface area (Å²) < 4.78 is 0. The van der Waals surface area contributed by atoms with E-state index in [0.717, 1.165) is 28.0 Å². The molecule has 35 heavy (non-hydrogen) atoms. The third-order valence-electron chi connectivity index (χ3n) is 4.89. The predicted molar refractivity (Wildman–Crippen MR) is 124 cm³/mol. The van der Waals surface area contributed by atoms with E-state index in [4.69, 9.17) is 10.6 Å². The number of carbonyl (C=O) groups excluding carboxylic acids is 2. The molecule has 0 bridgehead atoms. The van der Waals surface area contributed by atoms with Gasteiger partial charge in [0.05, 0.1) is 12.5 Å². The number of aliphatic carboxylic acids is 1. The summed E-state index contributed by atoms with van der Waals surface area (Å²) in [5.41, 5.74) is 5.79. The third-order valence-corrected chi connectivity index (χ3v) is 7.98. The van der Waals surface area contributed by atoms with Crippen LogP contribution in [0.3, 0.4) is 0 Å². The standard InChI is InChI=1S/C17H16N10O5S3/c1-32-24-9(7-5-34-16(19)20-7)12(28)21-10-13(29)27-11(15(30)31)6(4-33-14(10)27)8(2-3-18)35-17-22-25-26-23-17/h5,8,10,14H,2,4H2,1H3,(H2,19,20)(H,21,28)(H,30,31)(H,22,23,25,26)/t8?,10-,14-/m1/s1. The van der Waals surface area contributed by atoms with E-state index in [9.17, 15) is 24.8 Å². The Kier molecular flexibility index (Phi) is 7.18. The van der Waals surface area contributed by atoms with Crippen molar-refractivity contribution in [2.75, 3.05) is 18.6 Å². The van der Waals surface area contributed by atoms with Crippen molar-refractivity contribution in [3.63, 3.8) is 0 Å². The number of aromatic nitrogens is 5. The first-order valence-electron chi connectivity index (χ1n) is 9.67. The van der Waals surface area contributed by atoms with Gasteiger partial charge in [0.2, 0.25) is 5.16 Å². The van der Waals surface area contributed by atoms with Crippen molar-refractivity contribution >= 4 is 63.5 Å². The molecule has 0 aromatic carbocycles. The van der Waals surface area contributed by atoms with Gasteiger partial charge in [-0.1, -0.05) is 16.9 Å². The summed E-state index contributed by atoms with van der Waals surface area (Å²) in [5.74, 6) is -2.45. The van der Waals surface area contributed by atoms with Gasteiger partial charge in [-0.3, -0.25) is 14.5 Å². The fourth-order valence-corrected chi connectivity index (χ4v) is 6.45. The van der Waals surface area contributed by atoms with Crippen LogP contribution in [0.5, 0.6) is 0 Å². The number of amides is 2. The molecule has 2 aliphatic heterocycles. The highest BCUT2D eigenvalue weighted by atomic mass is 32.2. The smallest absolute Gasteiger partial charge is 0.352 e. The van der Waals surface area contributed by atoms with Crippen molar-refractivity contribution in [1.82, 2.24) is 35.8 Å². The zero-order valence-corrected chi connectivity index (χ0v) is 20.2. The van der Waals surface area contributed by atoms with Gasteiger partial charge in [0.1, 0.15) is 29.9 Å². The molecule has 2 amide bonds. The van der Waals surface area contributed by atoms with Crippen LogP contribution in [0.15, 0.2) is 27.0 Å². The number of nitriles is 1. The maximum absolute atomic E-state index is 13.0. The van der Waals surface area contributed by atoms with Crippen molar-refractivity contribution < 1.29 is 24.3 Å². The summed E-state index contributed by atoms with van der Waals surface area (Å²) in [6.07, 6.45) is -0.0354. The zero-order chi connectivity index (χ0) is 25.1. The number of carbonyl (C=O) groups is 3. The van der Waals surface area contributed by atoms with Gasteiger partial charge in [-0.05, 0) is 10.8 Å². The second-order valence-corrected chi connectivity index (χ2v) is 10.1. The summed E-state index contributed by atoms with van der Waals surface area (Å²) >= 11 is 3.44. The molecule has 0 spiro atoms. The van der Waals surface area contributed by atoms with Crippen molar-refractivity contribution in [3.8, 4) is 6.07 Å². The van der Waals surface area contributed by atoms with Gasteiger partial charge in [-0.25, -0.2) is 9.78 Å². The van der Waals surface area contributed by atoms with E-state index >= 15 is 0 Å². The molecule has 18 heteroatoms. The lowest BCUT2D eigenvalue weighted by Gasteiger charge is -2.50. The number of nitrogens with two attached hydrogens (primary N) is 1. The van der Waals surface area contributed by atoms with Crippen LogP contribution in [-0.4, -0.2) is 88.6 Å². The van der Waals surface area contributed by atoms with Gasteiger partial charge < -0.3 is 21.0 Å². The van der Waals surface area contributed by atoms with Crippen LogP contribution in [0.25, 0.3) is 0 Å². The molecule has 1 unspecified atom stereocenters. The lowest BCUT2D eigenvalue weighted by atomic mass is 10.0. The van der Waals surface area contributed by atoms with E-state index in [2.05, 4.69) is 36.1 Å². The summed E-state index contributed by atoms with van der Waals surface area (Å²) in [7, 11) is 1.26. The number of thioether (sulfide) groups is 2. The number of aromatic amines is 1. The number of anilines is 1. The number of hydrogen-bond donors (Lipinski definition) is 4. The van der Waals surface area contributed by atoms with E-state index in [1.807, 2.05) is 6.07 Å². The van der Waals surface area contributed by atoms with E-state index in [1.54, 1.807) is 0 Å². The summed E-state index contributed by atoms with van der Waals surface area (Å²) in [4.78, 5) is 47.9. The molecule has 1 saturated heterocycles. The number of rotatable bonds is 9. The highest BCUT2D eigenvalue weighted by Crippen LogP contribution is 2.44. The molecule has 1 fully saturated rings. The molecule has 2 aliphatic rings. The van der Waals surface area contributed by atoms with Crippen LogP contribution in [0.1, 0.15) is 12.1 Å². The van der Waals surface area contributed by atoms with Crippen LogP contribution in [-0.2, 0) is 19.2 Å². The zero-order valence-electron chi connectivity index (χ0n) is 17.7. The van der Waals surface area contributed by atoms with Gasteiger partial charge >= 0.3 is 5.97 Å².